The average Bonchev–Trinajstić information content (AvgIpc) is 2.46. The summed E-state index contributed by atoms with van der Waals surface area (Å²) >= 11 is 0. The topological polar surface area (TPSA) is 54.0 Å². The van der Waals surface area contributed by atoms with E-state index in [-0.39, 0.29) is 11.4 Å². The average molecular weight is 311 g/mol. The maximum absolute atomic E-state index is 12.2. The molecule has 0 aliphatic heterocycles. The lowest BCUT2D eigenvalue weighted by Gasteiger charge is -2.20. The van der Waals surface area contributed by atoms with Crippen molar-refractivity contribution < 1.29 is 4.79 Å². The van der Waals surface area contributed by atoms with Gasteiger partial charge in [-0.05, 0) is 56.5 Å². The van der Waals surface area contributed by atoms with Gasteiger partial charge in [0.2, 0.25) is 0 Å². The fourth-order valence-electron chi connectivity index (χ4n) is 2.16. The van der Waals surface area contributed by atoms with Crippen LogP contribution >= 0.6 is 0 Å². The van der Waals surface area contributed by atoms with Crippen molar-refractivity contribution in [3.05, 3.63) is 53.9 Å². The van der Waals surface area contributed by atoms with Gasteiger partial charge in [0.05, 0.1) is 0 Å². The zero-order valence-corrected chi connectivity index (χ0v) is 14.5. The Morgan fingerprint density at radius 3 is 2.26 bits per heavy atom. The van der Waals surface area contributed by atoms with Crippen molar-refractivity contribution in [3.8, 4) is 0 Å². The van der Waals surface area contributed by atoms with Crippen molar-refractivity contribution >= 4 is 17.3 Å². The van der Waals surface area contributed by atoms with E-state index in [4.69, 9.17) is 0 Å². The number of pyridine rings is 1. The van der Waals surface area contributed by atoms with Crippen LogP contribution in [0.15, 0.2) is 42.6 Å². The number of amides is 1. The summed E-state index contributed by atoms with van der Waals surface area (Å²) in [7, 11) is 0. The molecule has 1 amide bonds. The predicted molar refractivity (Wildman–Crippen MR) is 95.3 cm³/mol. The maximum Gasteiger partial charge on any atom is 0.270 e. The molecule has 1 aromatic heterocycles. The third kappa shape index (κ3) is 5.09. The van der Waals surface area contributed by atoms with Gasteiger partial charge in [-0.3, -0.25) is 9.78 Å². The normalized spacial score (nSPS) is 11.4. The molecule has 0 unspecified atom stereocenters. The minimum Gasteiger partial charge on any atom is -0.355 e. The number of hydrogen-bond donors (Lipinski definition) is 2. The molecule has 4 nitrogen and oxygen atoms in total. The largest absolute Gasteiger partial charge is 0.355 e. The second kappa shape index (κ2) is 6.82. The van der Waals surface area contributed by atoms with Crippen molar-refractivity contribution in [2.24, 2.45) is 0 Å². The van der Waals surface area contributed by atoms with Crippen molar-refractivity contribution in [3.63, 3.8) is 0 Å². The minimum atomic E-state index is -0.283. The Hall–Kier alpha value is -2.36. The van der Waals surface area contributed by atoms with Crippen LogP contribution in [-0.4, -0.2) is 16.4 Å². The molecule has 4 heteroatoms. The Bertz CT molecular complexity index is 670. The van der Waals surface area contributed by atoms with Crippen LogP contribution in [0.3, 0.4) is 0 Å². The number of nitrogens with zero attached hydrogens (tertiary/aromatic N) is 1. The number of rotatable bonds is 4. The molecular formula is C19H25N3O. The molecule has 0 bridgehead atoms. The highest BCUT2D eigenvalue weighted by molar-refractivity contribution is 5.93. The Morgan fingerprint density at radius 1 is 1.04 bits per heavy atom. The molecule has 1 heterocycles. The highest BCUT2D eigenvalue weighted by atomic mass is 16.2. The first kappa shape index (κ1) is 17.0. The molecule has 2 N–H and O–H groups in total. The molecule has 2 rings (SSSR count). The molecule has 2 aromatic rings. The second-order valence-electron chi connectivity index (χ2n) is 7.04. The third-order valence-corrected chi connectivity index (χ3v) is 3.35. The molecule has 0 radical (unpaired) electrons. The molecule has 0 fully saturated rings. The molecule has 0 atom stereocenters. The molecule has 122 valence electrons. The Kier molecular flexibility index (Phi) is 5.04. The van der Waals surface area contributed by atoms with Crippen LogP contribution in [0, 0.1) is 0 Å². The second-order valence-corrected chi connectivity index (χ2v) is 7.04. The van der Waals surface area contributed by atoms with Gasteiger partial charge in [0.25, 0.3) is 5.91 Å². The third-order valence-electron chi connectivity index (χ3n) is 3.35. The quantitative estimate of drug-likeness (QED) is 0.875. The van der Waals surface area contributed by atoms with Gasteiger partial charge in [-0.25, -0.2) is 0 Å². The van der Waals surface area contributed by atoms with E-state index in [0.717, 1.165) is 11.4 Å². The Labute approximate surface area is 138 Å². The van der Waals surface area contributed by atoms with Crippen molar-refractivity contribution in [1.82, 2.24) is 10.3 Å². The summed E-state index contributed by atoms with van der Waals surface area (Å²) in [5.74, 6) is 0.342. The zero-order valence-electron chi connectivity index (χ0n) is 14.5. The summed E-state index contributed by atoms with van der Waals surface area (Å²) in [4.78, 5) is 16.3. The molecule has 23 heavy (non-hydrogen) atoms. The minimum absolute atomic E-state index is 0.170. The van der Waals surface area contributed by atoms with E-state index in [0.29, 0.717) is 11.6 Å². The lowest BCUT2D eigenvalue weighted by Crippen LogP contribution is -2.40. The predicted octanol–water partition coefficient (Wildman–Crippen LogP) is 4.48. The van der Waals surface area contributed by atoms with Crippen LogP contribution < -0.4 is 10.6 Å². The summed E-state index contributed by atoms with van der Waals surface area (Å²) in [6, 6.07) is 11.9. The van der Waals surface area contributed by atoms with Crippen LogP contribution in [0.1, 0.15) is 56.6 Å². The van der Waals surface area contributed by atoms with E-state index in [1.807, 2.05) is 39.0 Å². The highest BCUT2D eigenvalue weighted by Crippen LogP contribution is 2.20. The molecule has 0 saturated carbocycles. The number of hydrogen-bond acceptors (Lipinski definition) is 3. The maximum atomic E-state index is 12.2. The van der Waals surface area contributed by atoms with Crippen LogP contribution in [0.2, 0.25) is 0 Å². The van der Waals surface area contributed by atoms with E-state index in [1.54, 1.807) is 12.3 Å². The smallest absolute Gasteiger partial charge is 0.270 e. The van der Waals surface area contributed by atoms with Gasteiger partial charge >= 0.3 is 0 Å². The summed E-state index contributed by atoms with van der Waals surface area (Å²) in [5, 5.41) is 6.23. The van der Waals surface area contributed by atoms with E-state index in [1.165, 1.54) is 5.56 Å². The lowest BCUT2D eigenvalue weighted by molar-refractivity contribution is 0.0914. The standard InChI is InChI=1S/C19H25N3O/c1-13(2)14-6-8-15(9-7-14)21-16-10-11-20-17(12-16)18(23)22-19(3,4)5/h6-13H,1-5H3,(H,20,21)(H,22,23). The molecular weight excluding hydrogens is 286 g/mol. The molecule has 0 spiro atoms. The van der Waals surface area contributed by atoms with E-state index in [9.17, 15) is 4.79 Å². The van der Waals surface area contributed by atoms with E-state index < -0.39 is 0 Å². The fourth-order valence-corrected chi connectivity index (χ4v) is 2.16. The number of aromatic nitrogens is 1. The lowest BCUT2D eigenvalue weighted by atomic mass is 10.0. The van der Waals surface area contributed by atoms with Gasteiger partial charge in [0.15, 0.2) is 0 Å². The van der Waals surface area contributed by atoms with Crippen LogP contribution in [-0.2, 0) is 0 Å². The SMILES string of the molecule is CC(C)c1ccc(Nc2ccnc(C(=O)NC(C)(C)C)c2)cc1. The van der Waals surface area contributed by atoms with Gasteiger partial charge in [0, 0.05) is 23.1 Å². The van der Waals surface area contributed by atoms with Crippen LogP contribution in [0.25, 0.3) is 0 Å². The number of nitrogens with one attached hydrogen (secondary N) is 2. The monoisotopic (exact) mass is 311 g/mol. The van der Waals surface area contributed by atoms with Gasteiger partial charge in [0.1, 0.15) is 5.69 Å². The summed E-state index contributed by atoms with van der Waals surface area (Å²) < 4.78 is 0. The Balaban J connectivity index is 2.12. The van der Waals surface area contributed by atoms with Crippen LogP contribution in [0.5, 0.6) is 0 Å². The van der Waals surface area contributed by atoms with Crippen LogP contribution in [0.4, 0.5) is 11.4 Å². The zero-order chi connectivity index (χ0) is 17.0. The molecule has 1 aromatic carbocycles. The first-order chi connectivity index (χ1) is 10.7. The van der Waals surface area contributed by atoms with Gasteiger partial charge < -0.3 is 10.6 Å². The summed E-state index contributed by atoms with van der Waals surface area (Å²) in [5.41, 5.74) is 3.26. The highest BCUT2D eigenvalue weighted by Gasteiger charge is 2.16. The summed E-state index contributed by atoms with van der Waals surface area (Å²) in [6.07, 6.45) is 1.64. The first-order valence-corrected chi connectivity index (χ1v) is 7.90. The number of benzene rings is 1. The number of carbonyl (C=O) groups is 1. The van der Waals surface area contributed by atoms with Crippen molar-refractivity contribution in [1.29, 1.82) is 0 Å². The van der Waals surface area contributed by atoms with Crippen molar-refractivity contribution in [2.75, 3.05) is 5.32 Å². The van der Waals surface area contributed by atoms with Gasteiger partial charge in [-0.2, -0.15) is 0 Å². The molecule has 0 aliphatic carbocycles. The fraction of sp³-hybridized carbons (Fsp3) is 0.368. The Morgan fingerprint density at radius 2 is 1.70 bits per heavy atom. The molecule has 0 aliphatic rings. The van der Waals surface area contributed by atoms with Gasteiger partial charge in [-0.1, -0.05) is 26.0 Å². The first-order valence-electron chi connectivity index (χ1n) is 7.90. The number of anilines is 2. The molecule has 0 saturated heterocycles. The van der Waals surface area contributed by atoms with E-state index in [2.05, 4.69) is 41.6 Å². The summed E-state index contributed by atoms with van der Waals surface area (Å²) in [6.45, 7) is 10.2. The van der Waals surface area contributed by atoms with E-state index >= 15 is 0 Å². The van der Waals surface area contributed by atoms with Crippen molar-refractivity contribution in [2.45, 2.75) is 46.1 Å². The number of carbonyl (C=O) groups excluding carboxylic acids is 1. The van der Waals surface area contributed by atoms with Gasteiger partial charge in [-0.15, -0.1) is 0 Å².